The molecule has 1 saturated heterocycles. The summed E-state index contributed by atoms with van der Waals surface area (Å²) < 4.78 is 39.2. The van der Waals surface area contributed by atoms with Crippen LogP contribution in [0.4, 0.5) is 20.4 Å². The second-order valence-electron chi connectivity index (χ2n) is 8.47. The van der Waals surface area contributed by atoms with Gasteiger partial charge in [0.05, 0.1) is 43.6 Å². The molecule has 3 aromatic rings. The first-order valence-corrected chi connectivity index (χ1v) is 11.5. The predicted octanol–water partition coefficient (Wildman–Crippen LogP) is 3.96. The predicted molar refractivity (Wildman–Crippen MR) is 127 cm³/mol. The lowest BCUT2D eigenvalue weighted by atomic mass is 9.93. The molecular weight excluding hydrogens is 456 g/mol. The Kier molecular flexibility index (Phi) is 8.04. The molecule has 0 unspecified atom stereocenters. The Morgan fingerprint density at radius 2 is 1.83 bits per heavy atom. The number of aryl methyl sites for hydroxylation is 1. The van der Waals surface area contributed by atoms with Gasteiger partial charge in [-0.1, -0.05) is 0 Å². The zero-order chi connectivity index (χ0) is 24.8. The number of aliphatic hydroxyl groups is 1. The first-order valence-electron chi connectivity index (χ1n) is 11.5. The van der Waals surface area contributed by atoms with Crippen LogP contribution in [-0.4, -0.2) is 58.3 Å². The van der Waals surface area contributed by atoms with Crippen molar-refractivity contribution < 1.29 is 23.4 Å². The summed E-state index contributed by atoms with van der Waals surface area (Å²) in [6.07, 6.45) is 6.65. The Hall–Kier alpha value is -3.37. The number of pyridine rings is 1. The first-order chi connectivity index (χ1) is 17.0. The molecule has 0 atom stereocenters. The van der Waals surface area contributed by atoms with E-state index >= 15 is 0 Å². The number of anilines is 2. The van der Waals surface area contributed by atoms with Crippen LogP contribution < -0.4 is 14.8 Å². The number of hydrogen-bond acceptors (Lipinski definition) is 8. The highest BCUT2D eigenvalue weighted by Gasteiger charge is 2.21. The Bertz CT molecular complexity index is 1120. The Balaban J connectivity index is 1.33. The number of hydrogen-bond donors (Lipinski definition) is 2. The van der Waals surface area contributed by atoms with Crippen molar-refractivity contribution in [2.75, 3.05) is 38.7 Å². The fourth-order valence-corrected chi connectivity index (χ4v) is 4.14. The van der Waals surface area contributed by atoms with Gasteiger partial charge in [-0.15, -0.1) is 0 Å². The minimum atomic E-state index is -0.790. The molecule has 1 aliphatic rings. The van der Waals surface area contributed by atoms with Gasteiger partial charge in [0.2, 0.25) is 5.95 Å². The van der Waals surface area contributed by atoms with Gasteiger partial charge in [0, 0.05) is 18.2 Å². The third-order valence-corrected chi connectivity index (χ3v) is 6.14. The second-order valence-corrected chi connectivity index (χ2v) is 8.47. The number of piperidine rings is 1. The third kappa shape index (κ3) is 6.01. The van der Waals surface area contributed by atoms with Crippen molar-refractivity contribution in [3.05, 3.63) is 65.2 Å². The Morgan fingerprint density at radius 3 is 2.46 bits per heavy atom. The van der Waals surface area contributed by atoms with E-state index in [9.17, 15) is 8.78 Å². The van der Waals surface area contributed by atoms with Crippen molar-refractivity contribution >= 4 is 11.6 Å². The fraction of sp³-hybridized carbons (Fsp3) is 0.400. The van der Waals surface area contributed by atoms with Gasteiger partial charge in [-0.3, -0.25) is 4.98 Å². The standard InChI is InChI=1S/C25H29F2N5O3/c1-16-11-22(34-2)24(27)20(23(16)26)15-35-19-13-29-25(30-14-19)31-18-3-4-21(28-12-18)17-5-7-32(8-6-17)9-10-33/h3-4,11-14,17,33H,5-10,15H2,1-2H3,(H,29,30,31). The lowest BCUT2D eigenvalue weighted by molar-refractivity contribution is 0.163. The zero-order valence-electron chi connectivity index (χ0n) is 19.8. The summed E-state index contributed by atoms with van der Waals surface area (Å²) in [5, 5.41) is 12.2. The van der Waals surface area contributed by atoms with Crippen LogP contribution in [0.25, 0.3) is 0 Å². The lowest BCUT2D eigenvalue weighted by Gasteiger charge is -2.31. The Morgan fingerprint density at radius 1 is 1.09 bits per heavy atom. The van der Waals surface area contributed by atoms with E-state index in [0.717, 1.165) is 43.9 Å². The van der Waals surface area contributed by atoms with Crippen LogP contribution in [0.15, 0.2) is 36.8 Å². The average Bonchev–Trinajstić information content (AvgIpc) is 2.88. The van der Waals surface area contributed by atoms with Crippen LogP contribution >= 0.6 is 0 Å². The highest BCUT2D eigenvalue weighted by Crippen LogP contribution is 2.28. The van der Waals surface area contributed by atoms with Crippen molar-refractivity contribution in [1.29, 1.82) is 0 Å². The summed E-state index contributed by atoms with van der Waals surface area (Å²) in [4.78, 5) is 15.3. The molecule has 3 heterocycles. The summed E-state index contributed by atoms with van der Waals surface area (Å²) in [5.74, 6) is -0.468. The van der Waals surface area contributed by atoms with Crippen LogP contribution in [-0.2, 0) is 6.61 Å². The topological polar surface area (TPSA) is 92.6 Å². The van der Waals surface area contributed by atoms with E-state index in [4.69, 9.17) is 14.6 Å². The molecule has 0 bridgehead atoms. The minimum absolute atomic E-state index is 0.0370. The number of aromatic nitrogens is 3. The number of aliphatic hydroxyl groups excluding tert-OH is 1. The Labute approximate surface area is 203 Å². The van der Waals surface area contributed by atoms with Gasteiger partial charge in [0.25, 0.3) is 0 Å². The molecule has 186 valence electrons. The fourth-order valence-electron chi connectivity index (χ4n) is 4.14. The van der Waals surface area contributed by atoms with Gasteiger partial charge in [0.15, 0.2) is 17.3 Å². The van der Waals surface area contributed by atoms with Gasteiger partial charge >= 0.3 is 0 Å². The van der Waals surface area contributed by atoms with E-state index in [0.29, 0.717) is 11.9 Å². The molecule has 1 aliphatic heterocycles. The zero-order valence-corrected chi connectivity index (χ0v) is 19.8. The summed E-state index contributed by atoms with van der Waals surface area (Å²) in [5.41, 5.74) is 1.85. The number of nitrogens with zero attached hydrogens (tertiary/aromatic N) is 4. The minimum Gasteiger partial charge on any atom is -0.494 e. The lowest BCUT2D eigenvalue weighted by Crippen LogP contribution is -2.35. The monoisotopic (exact) mass is 485 g/mol. The maximum Gasteiger partial charge on any atom is 0.227 e. The molecule has 0 spiro atoms. The van der Waals surface area contributed by atoms with E-state index < -0.39 is 11.6 Å². The molecule has 2 aromatic heterocycles. The van der Waals surface area contributed by atoms with Crippen molar-refractivity contribution in [3.8, 4) is 11.5 Å². The number of rotatable bonds is 9. The highest BCUT2D eigenvalue weighted by atomic mass is 19.1. The number of nitrogens with one attached hydrogen (secondary N) is 1. The summed E-state index contributed by atoms with van der Waals surface area (Å²) >= 11 is 0. The third-order valence-electron chi connectivity index (χ3n) is 6.14. The number of benzene rings is 1. The molecule has 35 heavy (non-hydrogen) atoms. The van der Waals surface area contributed by atoms with Crippen LogP contribution in [0, 0.1) is 18.6 Å². The molecule has 1 aromatic carbocycles. The van der Waals surface area contributed by atoms with E-state index in [-0.39, 0.29) is 35.8 Å². The second kappa shape index (κ2) is 11.4. The molecule has 10 heteroatoms. The largest absolute Gasteiger partial charge is 0.494 e. The number of methoxy groups -OCH3 is 1. The number of halogens is 2. The summed E-state index contributed by atoms with van der Waals surface area (Å²) in [6.45, 7) is 4.06. The molecule has 8 nitrogen and oxygen atoms in total. The smallest absolute Gasteiger partial charge is 0.227 e. The van der Waals surface area contributed by atoms with Gasteiger partial charge < -0.3 is 24.8 Å². The number of likely N-dealkylation sites (tertiary alicyclic amines) is 1. The first kappa shape index (κ1) is 24.7. The maximum absolute atomic E-state index is 14.4. The van der Waals surface area contributed by atoms with Crippen molar-refractivity contribution in [2.24, 2.45) is 0 Å². The van der Waals surface area contributed by atoms with Crippen LogP contribution in [0.3, 0.4) is 0 Å². The molecule has 0 amide bonds. The van der Waals surface area contributed by atoms with E-state index in [2.05, 4.69) is 25.2 Å². The van der Waals surface area contributed by atoms with Crippen LogP contribution in [0.1, 0.15) is 35.6 Å². The van der Waals surface area contributed by atoms with Crippen molar-refractivity contribution in [1.82, 2.24) is 19.9 Å². The summed E-state index contributed by atoms with van der Waals surface area (Å²) in [6, 6.07) is 5.25. The molecule has 2 N–H and O–H groups in total. The van der Waals surface area contributed by atoms with Crippen LogP contribution in [0.5, 0.6) is 11.5 Å². The molecule has 1 fully saturated rings. The summed E-state index contributed by atoms with van der Waals surface area (Å²) in [7, 11) is 1.33. The SMILES string of the molecule is COc1cc(C)c(F)c(COc2cnc(Nc3ccc(C4CCN(CCO)CC4)nc3)nc2)c1F. The van der Waals surface area contributed by atoms with Gasteiger partial charge in [-0.25, -0.2) is 18.7 Å². The molecule has 4 rings (SSSR count). The van der Waals surface area contributed by atoms with Crippen LogP contribution in [0.2, 0.25) is 0 Å². The molecular formula is C25H29F2N5O3. The normalized spacial score (nSPS) is 14.7. The molecule has 0 saturated carbocycles. The average molecular weight is 486 g/mol. The molecule has 0 aliphatic carbocycles. The number of β-amino-alcohol motifs (C(OH)–C–C–N with tert-alkyl or cyclic N) is 1. The van der Waals surface area contributed by atoms with Crippen molar-refractivity contribution in [3.63, 3.8) is 0 Å². The van der Waals surface area contributed by atoms with Gasteiger partial charge in [-0.05, 0) is 56.6 Å². The van der Waals surface area contributed by atoms with Gasteiger partial charge in [-0.2, -0.15) is 0 Å². The molecule has 0 radical (unpaired) electrons. The van der Waals surface area contributed by atoms with E-state index in [1.165, 1.54) is 32.5 Å². The quantitative estimate of drug-likeness (QED) is 0.471. The highest BCUT2D eigenvalue weighted by molar-refractivity contribution is 5.51. The van der Waals surface area contributed by atoms with Gasteiger partial charge in [0.1, 0.15) is 12.4 Å². The van der Waals surface area contributed by atoms with E-state index in [1.807, 2.05) is 12.1 Å². The van der Waals surface area contributed by atoms with E-state index in [1.54, 1.807) is 6.20 Å². The van der Waals surface area contributed by atoms with Crippen molar-refractivity contribution in [2.45, 2.75) is 32.3 Å². The maximum atomic E-state index is 14.4. The number of ether oxygens (including phenoxy) is 2.